The fourth-order valence-corrected chi connectivity index (χ4v) is 5.54. The lowest BCUT2D eigenvalue weighted by molar-refractivity contribution is -0.00241. The molecule has 2 aliphatic carbocycles. The van der Waals surface area contributed by atoms with Crippen LogP contribution in [0.1, 0.15) is 63.5 Å². The fourth-order valence-electron chi connectivity index (χ4n) is 4.26. The van der Waals surface area contributed by atoms with E-state index < -0.39 is 0 Å². The lowest BCUT2D eigenvalue weighted by Crippen LogP contribution is -2.43. The van der Waals surface area contributed by atoms with Crippen LogP contribution in [0.4, 0.5) is 5.00 Å². The van der Waals surface area contributed by atoms with E-state index in [4.69, 9.17) is 9.15 Å². The molecule has 3 heterocycles. The number of likely N-dealkylation sites (tertiary alicyclic amines) is 1. The highest BCUT2D eigenvalue weighted by Gasteiger charge is 2.33. The molecule has 1 unspecified atom stereocenters. The third-order valence-corrected chi connectivity index (χ3v) is 7.24. The Morgan fingerprint density at radius 2 is 2.14 bits per heavy atom. The van der Waals surface area contributed by atoms with E-state index in [2.05, 4.69) is 5.32 Å². The van der Waals surface area contributed by atoms with Crippen molar-refractivity contribution in [1.82, 2.24) is 4.90 Å². The van der Waals surface area contributed by atoms with Gasteiger partial charge in [0.05, 0.1) is 17.9 Å². The number of amides is 2. The van der Waals surface area contributed by atoms with Crippen LogP contribution in [0.5, 0.6) is 0 Å². The number of nitrogens with one attached hydrogen (secondary N) is 1. The molecule has 0 bridgehead atoms. The molecule has 1 saturated heterocycles. The number of rotatable bonds is 6. The highest BCUT2D eigenvalue weighted by Crippen LogP contribution is 2.40. The number of hydrogen-bond acceptors (Lipinski definition) is 5. The molecule has 1 atom stereocenters. The van der Waals surface area contributed by atoms with Gasteiger partial charge in [-0.25, -0.2) is 0 Å². The van der Waals surface area contributed by atoms with Crippen molar-refractivity contribution in [2.45, 2.75) is 51.0 Å². The Kier molecular flexibility index (Phi) is 5.18. The first kappa shape index (κ1) is 18.9. The zero-order valence-electron chi connectivity index (χ0n) is 16.4. The summed E-state index contributed by atoms with van der Waals surface area (Å²) in [5.41, 5.74) is 1.81. The van der Waals surface area contributed by atoms with Gasteiger partial charge >= 0.3 is 0 Å². The van der Waals surface area contributed by atoms with E-state index in [1.54, 1.807) is 12.1 Å². The third kappa shape index (κ3) is 3.98. The van der Waals surface area contributed by atoms with Crippen LogP contribution in [0.25, 0.3) is 0 Å². The molecule has 0 spiro atoms. The molecule has 154 valence electrons. The monoisotopic (exact) mass is 414 g/mol. The number of ether oxygens (including phenoxy) is 1. The van der Waals surface area contributed by atoms with Gasteiger partial charge < -0.3 is 19.4 Å². The summed E-state index contributed by atoms with van der Waals surface area (Å²) in [5.74, 6) is 0.695. The van der Waals surface area contributed by atoms with Crippen molar-refractivity contribution in [3.8, 4) is 0 Å². The number of carbonyl (C=O) groups is 2. The second-order valence-corrected chi connectivity index (χ2v) is 9.39. The van der Waals surface area contributed by atoms with Crippen LogP contribution in [-0.2, 0) is 17.6 Å². The zero-order chi connectivity index (χ0) is 19.8. The molecule has 1 N–H and O–H groups in total. The maximum atomic E-state index is 13.5. The molecule has 6 nitrogen and oxygen atoms in total. The number of piperidine rings is 1. The van der Waals surface area contributed by atoms with Gasteiger partial charge in [0.2, 0.25) is 0 Å². The SMILES string of the molecule is O=C(Nc1sc2c(c1C(=O)N1CCCC(OCC3CC3)C1)CCC2)c1ccco1. The summed E-state index contributed by atoms with van der Waals surface area (Å²) in [5, 5.41) is 3.58. The first-order valence-corrected chi connectivity index (χ1v) is 11.4. The molecular weight excluding hydrogens is 388 g/mol. The van der Waals surface area contributed by atoms with Gasteiger partial charge in [0, 0.05) is 24.6 Å². The molecule has 2 aromatic heterocycles. The number of fused-ring (bicyclic) bond motifs is 1. The predicted molar refractivity (Wildman–Crippen MR) is 111 cm³/mol. The Labute approximate surface area is 174 Å². The van der Waals surface area contributed by atoms with Gasteiger partial charge in [-0.05, 0) is 68.6 Å². The van der Waals surface area contributed by atoms with Crippen molar-refractivity contribution in [3.05, 3.63) is 40.2 Å². The second-order valence-electron chi connectivity index (χ2n) is 8.29. The van der Waals surface area contributed by atoms with Crippen LogP contribution < -0.4 is 5.32 Å². The molecule has 2 fully saturated rings. The quantitative estimate of drug-likeness (QED) is 0.772. The molecule has 1 saturated carbocycles. The topological polar surface area (TPSA) is 71.8 Å². The summed E-state index contributed by atoms with van der Waals surface area (Å²) in [6.45, 7) is 2.21. The average molecular weight is 415 g/mol. The summed E-state index contributed by atoms with van der Waals surface area (Å²) in [4.78, 5) is 29.2. The van der Waals surface area contributed by atoms with E-state index in [1.165, 1.54) is 35.3 Å². The number of furan rings is 1. The van der Waals surface area contributed by atoms with E-state index in [-0.39, 0.29) is 23.7 Å². The van der Waals surface area contributed by atoms with Gasteiger partial charge in [0.25, 0.3) is 11.8 Å². The Balaban J connectivity index is 1.34. The normalized spacial score (nSPS) is 21.2. The minimum Gasteiger partial charge on any atom is -0.459 e. The van der Waals surface area contributed by atoms with Crippen molar-refractivity contribution < 1.29 is 18.7 Å². The highest BCUT2D eigenvalue weighted by molar-refractivity contribution is 7.17. The Morgan fingerprint density at radius 1 is 1.24 bits per heavy atom. The molecule has 5 rings (SSSR count). The number of carbonyl (C=O) groups excluding carboxylic acids is 2. The smallest absolute Gasteiger partial charge is 0.291 e. The first-order valence-electron chi connectivity index (χ1n) is 10.6. The van der Waals surface area contributed by atoms with Crippen molar-refractivity contribution in [3.63, 3.8) is 0 Å². The van der Waals surface area contributed by atoms with Gasteiger partial charge in [-0.15, -0.1) is 11.3 Å². The lowest BCUT2D eigenvalue weighted by Gasteiger charge is -2.33. The summed E-state index contributed by atoms with van der Waals surface area (Å²) < 4.78 is 11.3. The molecule has 29 heavy (non-hydrogen) atoms. The Bertz CT molecular complexity index is 900. The maximum Gasteiger partial charge on any atom is 0.291 e. The molecule has 0 radical (unpaired) electrons. The largest absolute Gasteiger partial charge is 0.459 e. The summed E-state index contributed by atoms with van der Waals surface area (Å²) in [6.07, 6.45) is 9.07. The van der Waals surface area contributed by atoms with E-state index in [9.17, 15) is 9.59 Å². The van der Waals surface area contributed by atoms with E-state index in [0.717, 1.165) is 56.7 Å². The van der Waals surface area contributed by atoms with E-state index >= 15 is 0 Å². The standard InChI is InChI=1S/C22H26N2O4S/c25-20(17-6-3-11-27-17)23-21-19(16-5-1-7-18(16)29-21)22(26)24-10-2-4-15(12-24)28-13-14-8-9-14/h3,6,11,14-15H,1-2,4-5,7-10,12-13H2,(H,23,25). The van der Waals surface area contributed by atoms with Crippen LogP contribution in [-0.4, -0.2) is 42.5 Å². The Hall–Kier alpha value is -2.12. The number of nitrogens with zero attached hydrogens (tertiary/aromatic N) is 1. The van der Waals surface area contributed by atoms with Crippen LogP contribution in [0.15, 0.2) is 22.8 Å². The highest BCUT2D eigenvalue weighted by atomic mass is 32.1. The van der Waals surface area contributed by atoms with Gasteiger partial charge in [-0.2, -0.15) is 0 Å². The van der Waals surface area contributed by atoms with Gasteiger partial charge in [-0.1, -0.05) is 0 Å². The predicted octanol–water partition coefficient (Wildman–Crippen LogP) is 4.11. The number of anilines is 1. The lowest BCUT2D eigenvalue weighted by atomic mass is 10.0. The molecule has 2 aromatic rings. The summed E-state index contributed by atoms with van der Waals surface area (Å²) in [7, 11) is 0. The first-order chi connectivity index (χ1) is 14.2. The fraction of sp³-hybridized carbons (Fsp3) is 0.545. The van der Waals surface area contributed by atoms with Crippen molar-refractivity contribution >= 4 is 28.2 Å². The minimum atomic E-state index is -0.312. The molecule has 0 aromatic carbocycles. The molecular formula is C22H26N2O4S. The van der Waals surface area contributed by atoms with Gasteiger partial charge in [0.1, 0.15) is 5.00 Å². The third-order valence-electron chi connectivity index (χ3n) is 6.04. The van der Waals surface area contributed by atoms with Crippen molar-refractivity contribution in [2.24, 2.45) is 5.92 Å². The molecule has 2 amide bonds. The number of aryl methyl sites for hydroxylation is 1. The summed E-state index contributed by atoms with van der Waals surface area (Å²) in [6, 6.07) is 3.31. The van der Waals surface area contributed by atoms with E-state index in [1.807, 2.05) is 4.90 Å². The van der Waals surface area contributed by atoms with Gasteiger partial charge in [0.15, 0.2) is 5.76 Å². The molecule has 7 heteroatoms. The van der Waals surface area contributed by atoms with Crippen molar-refractivity contribution in [2.75, 3.05) is 25.0 Å². The van der Waals surface area contributed by atoms with Crippen LogP contribution in [0.3, 0.4) is 0 Å². The van der Waals surface area contributed by atoms with Crippen molar-refractivity contribution in [1.29, 1.82) is 0 Å². The maximum absolute atomic E-state index is 13.5. The second kappa shape index (κ2) is 7.95. The number of hydrogen-bond donors (Lipinski definition) is 1. The number of thiophene rings is 1. The Morgan fingerprint density at radius 3 is 2.93 bits per heavy atom. The zero-order valence-corrected chi connectivity index (χ0v) is 17.3. The van der Waals surface area contributed by atoms with Crippen LogP contribution >= 0.6 is 11.3 Å². The minimum absolute atomic E-state index is 0.0267. The van der Waals surface area contributed by atoms with Crippen LogP contribution in [0, 0.1) is 5.92 Å². The summed E-state index contributed by atoms with van der Waals surface area (Å²) >= 11 is 1.54. The molecule has 1 aliphatic heterocycles. The van der Waals surface area contributed by atoms with Crippen LogP contribution in [0.2, 0.25) is 0 Å². The van der Waals surface area contributed by atoms with Gasteiger partial charge in [-0.3, -0.25) is 9.59 Å². The average Bonchev–Trinajstić information content (AvgIpc) is 3.09. The van der Waals surface area contributed by atoms with E-state index in [0.29, 0.717) is 17.1 Å². The molecule has 3 aliphatic rings.